The fraction of sp³-hybridized carbons (Fsp3) is 0.364. The molecule has 0 aliphatic heterocycles. The molecule has 0 bridgehead atoms. The molecule has 2 nitrogen and oxygen atoms in total. The Balaban J connectivity index is 2.68. The minimum atomic E-state index is 0.575. The summed E-state index contributed by atoms with van der Waals surface area (Å²) in [5, 5.41) is 0. The van der Waals surface area contributed by atoms with Crippen LogP contribution in [0.25, 0.3) is 0 Å². The molecule has 0 saturated heterocycles. The first-order chi connectivity index (χ1) is 6.88. The maximum atomic E-state index is 5.54. The Morgan fingerprint density at radius 2 is 2.43 bits per heavy atom. The minimum Gasteiger partial charge on any atom is -0.480 e. The highest BCUT2D eigenvalue weighted by Crippen LogP contribution is 2.11. The van der Waals surface area contributed by atoms with Crippen LogP contribution in [0.5, 0.6) is 5.88 Å². The molecule has 0 saturated carbocycles. The fourth-order valence-corrected chi connectivity index (χ4v) is 1.10. The van der Waals surface area contributed by atoms with Crippen LogP contribution in [0, 0.1) is 11.8 Å². The topological polar surface area (TPSA) is 22.1 Å². The predicted octanol–water partition coefficient (Wildman–Crippen LogP) is 2.46. The molecular weight excluding hydrogens is 198 g/mol. The molecule has 0 aliphatic rings. The molecular formula is C11H12ClNO. The van der Waals surface area contributed by atoms with Gasteiger partial charge in [-0.05, 0) is 18.6 Å². The summed E-state index contributed by atoms with van der Waals surface area (Å²) in [5.74, 6) is 7.25. The zero-order chi connectivity index (χ0) is 10.2. The van der Waals surface area contributed by atoms with Gasteiger partial charge in [0, 0.05) is 18.5 Å². The molecule has 0 fully saturated rings. The normalized spacial score (nSPS) is 9.00. The average Bonchev–Trinajstić information content (AvgIpc) is 2.25. The smallest absolute Gasteiger partial charge is 0.229 e. The number of unbranched alkanes of at least 4 members (excludes halogenated alkanes) is 1. The Morgan fingerprint density at radius 3 is 3.14 bits per heavy atom. The van der Waals surface area contributed by atoms with Crippen molar-refractivity contribution in [2.24, 2.45) is 0 Å². The monoisotopic (exact) mass is 209 g/mol. The number of alkyl halides is 1. The molecule has 0 aliphatic carbocycles. The van der Waals surface area contributed by atoms with Crippen LogP contribution in [0.3, 0.4) is 0 Å². The highest BCUT2D eigenvalue weighted by Gasteiger charge is 1.97. The van der Waals surface area contributed by atoms with Gasteiger partial charge in [-0.2, -0.15) is 0 Å². The Bertz CT molecular complexity index is 341. The number of methoxy groups -OCH3 is 1. The van der Waals surface area contributed by atoms with Crippen LogP contribution in [0.4, 0.5) is 0 Å². The molecule has 0 radical (unpaired) electrons. The van der Waals surface area contributed by atoms with Crippen LogP contribution < -0.4 is 4.74 Å². The fourth-order valence-electron chi connectivity index (χ4n) is 0.962. The zero-order valence-electron chi connectivity index (χ0n) is 8.09. The van der Waals surface area contributed by atoms with E-state index in [1.54, 1.807) is 13.3 Å². The average molecular weight is 210 g/mol. The van der Waals surface area contributed by atoms with E-state index in [-0.39, 0.29) is 0 Å². The van der Waals surface area contributed by atoms with Gasteiger partial charge in [-0.3, -0.25) is 0 Å². The lowest BCUT2D eigenvalue weighted by Gasteiger charge is -1.99. The van der Waals surface area contributed by atoms with Crippen molar-refractivity contribution in [3.8, 4) is 17.7 Å². The molecule has 14 heavy (non-hydrogen) atoms. The van der Waals surface area contributed by atoms with E-state index in [2.05, 4.69) is 16.8 Å². The Kier molecular flexibility index (Phi) is 4.88. The molecule has 0 atom stereocenters. The van der Waals surface area contributed by atoms with Gasteiger partial charge in [-0.15, -0.1) is 11.6 Å². The van der Waals surface area contributed by atoms with Gasteiger partial charge in [0.15, 0.2) is 0 Å². The summed E-state index contributed by atoms with van der Waals surface area (Å²) in [5.41, 5.74) is 0.824. The Morgan fingerprint density at radius 1 is 1.57 bits per heavy atom. The number of halogens is 1. The van der Waals surface area contributed by atoms with Crippen molar-refractivity contribution in [1.82, 2.24) is 4.98 Å². The largest absolute Gasteiger partial charge is 0.480 e. The number of hydrogen-bond donors (Lipinski definition) is 0. The molecule has 1 aromatic rings. The van der Waals surface area contributed by atoms with Gasteiger partial charge in [-0.25, -0.2) is 4.98 Å². The zero-order valence-corrected chi connectivity index (χ0v) is 8.84. The number of hydrogen-bond acceptors (Lipinski definition) is 2. The molecule has 1 rings (SSSR count). The summed E-state index contributed by atoms with van der Waals surface area (Å²) in [6.45, 7) is 0. The molecule has 3 heteroatoms. The van der Waals surface area contributed by atoms with Gasteiger partial charge in [0.1, 0.15) is 0 Å². The van der Waals surface area contributed by atoms with Gasteiger partial charge < -0.3 is 4.74 Å². The van der Waals surface area contributed by atoms with Crippen molar-refractivity contribution in [1.29, 1.82) is 0 Å². The number of ether oxygens (including phenoxy) is 1. The minimum absolute atomic E-state index is 0.575. The first-order valence-electron chi connectivity index (χ1n) is 4.42. The van der Waals surface area contributed by atoms with Crippen molar-refractivity contribution >= 4 is 11.6 Å². The van der Waals surface area contributed by atoms with Crippen molar-refractivity contribution in [2.45, 2.75) is 12.8 Å². The van der Waals surface area contributed by atoms with Crippen molar-refractivity contribution in [3.63, 3.8) is 0 Å². The quantitative estimate of drug-likeness (QED) is 0.434. The molecule has 0 N–H and O–H groups in total. The third-order valence-electron chi connectivity index (χ3n) is 1.62. The van der Waals surface area contributed by atoms with Gasteiger partial charge >= 0.3 is 0 Å². The molecule has 1 aromatic heterocycles. The summed E-state index contributed by atoms with van der Waals surface area (Å²) < 4.78 is 5.06. The number of aromatic nitrogens is 1. The number of rotatable bonds is 3. The molecule has 0 spiro atoms. The lowest BCUT2D eigenvalue weighted by Crippen LogP contribution is -1.90. The van der Waals surface area contributed by atoms with Crippen LogP contribution >= 0.6 is 11.6 Å². The van der Waals surface area contributed by atoms with Gasteiger partial charge in [-0.1, -0.05) is 11.8 Å². The third-order valence-corrected chi connectivity index (χ3v) is 1.89. The molecule has 0 unspecified atom stereocenters. The van der Waals surface area contributed by atoms with Gasteiger partial charge in [0.25, 0.3) is 0 Å². The molecule has 0 aromatic carbocycles. The van der Waals surface area contributed by atoms with E-state index < -0.39 is 0 Å². The van der Waals surface area contributed by atoms with Gasteiger partial charge in [0.05, 0.1) is 12.7 Å². The number of nitrogens with zero attached hydrogens (tertiary/aromatic N) is 1. The van der Waals surface area contributed by atoms with E-state index in [9.17, 15) is 0 Å². The Labute approximate surface area is 89.3 Å². The van der Waals surface area contributed by atoms with E-state index in [1.165, 1.54) is 0 Å². The van der Waals surface area contributed by atoms with E-state index in [4.69, 9.17) is 16.3 Å². The van der Waals surface area contributed by atoms with Crippen LogP contribution in [0.1, 0.15) is 18.4 Å². The first kappa shape index (κ1) is 10.9. The van der Waals surface area contributed by atoms with Crippen LogP contribution in [0.15, 0.2) is 18.3 Å². The van der Waals surface area contributed by atoms with Crippen molar-refractivity contribution in [3.05, 3.63) is 23.9 Å². The van der Waals surface area contributed by atoms with Crippen molar-refractivity contribution < 1.29 is 4.74 Å². The molecule has 1 heterocycles. The van der Waals surface area contributed by atoms with E-state index >= 15 is 0 Å². The predicted molar refractivity (Wildman–Crippen MR) is 57.6 cm³/mol. The number of pyridine rings is 1. The van der Waals surface area contributed by atoms with E-state index in [0.717, 1.165) is 18.4 Å². The van der Waals surface area contributed by atoms with Crippen molar-refractivity contribution in [2.75, 3.05) is 13.0 Å². The van der Waals surface area contributed by atoms with Crippen LogP contribution in [-0.4, -0.2) is 18.0 Å². The standard InChI is InChI=1S/C11H12ClNO/c1-14-11-10(7-5-9-13-11)6-3-2-4-8-12/h5,7,9H,2,4,8H2,1H3. The lowest BCUT2D eigenvalue weighted by atomic mass is 10.2. The summed E-state index contributed by atoms with van der Waals surface area (Å²) in [6, 6.07) is 3.73. The van der Waals surface area contributed by atoms with E-state index in [0.29, 0.717) is 11.8 Å². The highest BCUT2D eigenvalue weighted by atomic mass is 35.5. The summed E-state index contributed by atoms with van der Waals surface area (Å²) in [4.78, 5) is 4.05. The lowest BCUT2D eigenvalue weighted by molar-refractivity contribution is 0.396. The van der Waals surface area contributed by atoms with Crippen LogP contribution in [0.2, 0.25) is 0 Å². The maximum absolute atomic E-state index is 5.54. The van der Waals surface area contributed by atoms with Crippen LogP contribution in [-0.2, 0) is 0 Å². The summed E-state index contributed by atoms with van der Waals surface area (Å²) >= 11 is 5.54. The van der Waals surface area contributed by atoms with E-state index in [1.807, 2.05) is 12.1 Å². The van der Waals surface area contributed by atoms with Gasteiger partial charge in [0.2, 0.25) is 5.88 Å². The summed E-state index contributed by atoms with van der Waals surface area (Å²) in [6.07, 6.45) is 3.40. The summed E-state index contributed by atoms with van der Waals surface area (Å²) in [7, 11) is 1.59. The second kappa shape index (κ2) is 6.28. The molecule has 74 valence electrons. The third kappa shape index (κ3) is 3.27. The molecule has 0 amide bonds. The highest BCUT2D eigenvalue weighted by molar-refractivity contribution is 6.17. The first-order valence-corrected chi connectivity index (χ1v) is 4.95. The Hall–Kier alpha value is -1.20. The second-order valence-electron chi connectivity index (χ2n) is 2.65. The second-order valence-corrected chi connectivity index (χ2v) is 3.03. The SMILES string of the molecule is COc1ncccc1C#CCCCCl. The maximum Gasteiger partial charge on any atom is 0.229 e.